The van der Waals surface area contributed by atoms with Gasteiger partial charge in [0.25, 0.3) is 0 Å². The first-order valence-corrected chi connectivity index (χ1v) is 11.9. The normalized spacial score (nSPS) is 26.9. The maximum absolute atomic E-state index is 13.0. The van der Waals surface area contributed by atoms with Gasteiger partial charge in [-0.1, -0.05) is 36.7 Å². The van der Waals surface area contributed by atoms with Crippen LogP contribution in [0.3, 0.4) is 0 Å². The summed E-state index contributed by atoms with van der Waals surface area (Å²) in [6.45, 7) is 4.01. The highest BCUT2D eigenvalue weighted by Crippen LogP contribution is 2.39. The van der Waals surface area contributed by atoms with Crippen LogP contribution in [0.4, 0.5) is 18.9 Å². The van der Waals surface area contributed by atoms with E-state index in [1.807, 2.05) is 11.8 Å². The molecule has 2 aromatic rings. The minimum atomic E-state index is -4.38. The molecule has 0 spiro atoms. The van der Waals surface area contributed by atoms with E-state index in [2.05, 4.69) is 9.62 Å². The van der Waals surface area contributed by atoms with Gasteiger partial charge in [0.05, 0.1) is 11.7 Å². The quantitative estimate of drug-likeness (QED) is 0.728. The minimum absolute atomic E-state index is 0.203. The summed E-state index contributed by atoms with van der Waals surface area (Å²) < 4.78 is 67.5. The Morgan fingerprint density at radius 1 is 1.03 bits per heavy atom. The lowest BCUT2D eigenvalue weighted by molar-refractivity contribution is -0.137. The number of alkyl halides is 3. The molecule has 31 heavy (non-hydrogen) atoms. The maximum atomic E-state index is 13.0. The van der Waals surface area contributed by atoms with E-state index < -0.39 is 27.0 Å². The molecule has 0 bridgehead atoms. The van der Waals surface area contributed by atoms with E-state index in [-0.39, 0.29) is 12.1 Å². The predicted octanol–water partition coefficient (Wildman–Crippen LogP) is 4.12. The molecule has 2 aliphatic rings. The smallest absolute Gasteiger partial charge is 0.369 e. The van der Waals surface area contributed by atoms with Gasteiger partial charge in [-0.05, 0) is 35.9 Å². The van der Waals surface area contributed by atoms with Crippen LogP contribution in [0.5, 0.6) is 0 Å². The zero-order chi connectivity index (χ0) is 22.4. The molecule has 2 saturated heterocycles. The van der Waals surface area contributed by atoms with Gasteiger partial charge in [0, 0.05) is 42.8 Å². The molecule has 168 valence electrons. The Morgan fingerprint density at radius 2 is 1.68 bits per heavy atom. The predicted molar refractivity (Wildman–Crippen MR) is 114 cm³/mol. The van der Waals surface area contributed by atoms with Crippen molar-refractivity contribution in [2.24, 2.45) is 5.92 Å². The van der Waals surface area contributed by atoms with Crippen LogP contribution in [-0.4, -0.2) is 45.7 Å². The lowest BCUT2D eigenvalue weighted by atomic mass is 9.97. The number of nitrogens with zero attached hydrogens (tertiary/aromatic N) is 2. The topological polar surface area (TPSA) is 52.6 Å². The molecule has 2 fully saturated rings. The van der Waals surface area contributed by atoms with Gasteiger partial charge < -0.3 is 4.90 Å². The lowest BCUT2D eigenvalue weighted by Crippen LogP contribution is -2.55. The summed E-state index contributed by atoms with van der Waals surface area (Å²) in [7, 11) is -3.56. The van der Waals surface area contributed by atoms with E-state index in [4.69, 9.17) is 11.6 Å². The second kappa shape index (κ2) is 8.27. The number of anilines is 1. The van der Waals surface area contributed by atoms with Crippen LogP contribution in [-0.2, 0) is 16.2 Å². The van der Waals surface area contributed by atoms with E-state index >= 15 is 0 Å². The van der Waals surface area contributed by atoms with E-state index in [0.29, 0.717) is 42.5 Å². The fourth-order valence-electron chi connectivity index (χ4n) is 4.48. The van der Waals surface area contributed by atoms with E-state index in [1.54, 1.807) is 30.3 Å². The lowest BCUT2D eigenvalue weighted by Gasteiger charge is -2.40. The number of hydrogen-bond donors (Lipinski definition) is 1. The number of rotatable bonds is 3. The van der Waals surface area contributed by atoms with Gasteiger partial charge in [-0.3, -0.25) is 4.90 Å². The van der Waals surface area contributed by atoms with Gasteiger partial charge in [0.15, 0.2) is 0 Å². The van der Waals surface area contributed by atoms with E-state index in [9.17, 15) is 21.6 Å². The highest BCUT2D eigenvalue weighted by molar-refractivity contribution is 7.90. The summed E-state index contributed by atoms with van der Waals surface area (Å²) in [6.07, 6.45) is -4.75. The van der Waals surface area contributed by atoms with Gasteiger partial charge >= 0.3 is 6.18 Å². The number of sulfonamides is 1. The maximum Gasteiger partial charge on any atom is 0.416 e. The van der Waals surface area contributed by atoms with E-state index in [1.165, 1.54) is 6.07 Å². The van der Waals surface area contributed by atoms with Crippen LogP contribution >= 0.6 is 11.6 Å². The summed E-state index contributed by atoms with van der Waals surface area (Å²) in [5.41, 5.74) is 0.540. The molecule has 3 unspecified atom stereocenters. The van der Waals surface area contributed by atoms with Crippen LogP contribution in [0.25, 0.3) is 0 Å². The Morgan fingerprint density at radius 3 is 2.29 bits per heavy atom. The molecule has 0 aliphatic carbocycles. The second-order valence-electron chi connectivity index (χ2n) is 8.01. The molecular weight excluding hydrogens is 451 g/mol. The van der Waals surface area contributed by atoms with Crippen molar-refractivity contribution in [3.05, 3.63) is 64.7 Å². The van der Waals surface area contributed by atoms with Crippen LogP contribution in [0.15, 0.2) is 48.5 Å². The van der Waals surface area contributed by atoms with Crippen molar-refractivity contribution in [1.82, 2.24) is 9.62 Å². The first kappa shape index (κ1) is 22.4. The fourth-order valence-corrected chi connectivity index (χ4v) is 6.68. The van der Waals surface area contributed by atoms with Crippen molar-refractivity contribution in [3.8, 4) is 0 Å². The Labute approximate surface area is 184 Å². The Hall–Kier alpha value is -1.81. The third-order valence-electron chi connectivity index (χ3n) is 6.04. The average Bonchev–Trinajstić information content (AvgIpc) is 2.97. The molecule has 2 heterocycles. The van der Waals surface area contributed by atoms with Crippen molar-refractivity contribution in [2.75, 3.05) is 31.1 Å². The molecule has 5 nitrogen and oxygen atoms in total. The van der Waals surface area contributed by atoms with Gasteiger partial charge in [-0.2, -0.15) is 17.9 Å². The SMILES string of the molecule is CC1C(N2CCN(c3cccc(C(F)(F)F)c3)CC2)NS(=O)(=O)C1c1ccc(Cl)cc1. The number of nitrogens with one attached hydrogen (secondary N) is 1. The monoisotopic (exact) mass is 473 g/mol. The minimum Gasteiger partial charge on any atom is -0.369 e. The van der Waals surface area contributed by atoms with Gasteiger partial charge in [-0.25, -0.2) is 8.42 Å². The molecule has 0 saturated carbocycles. The first-order valence-electron chi connectivity index (χ1n) is 9.99. The highest BCUT2D eigenvalue weighted by Gasteiger charge is 2.47. The summed E-state index contributed by atoms with van der Waals surface area (Å²) in [5.74, 6) is -0.203. The molecule has 2 aromatic carbocycles. The molecule has 0 amide bonds. The second-order valence-corrected chi connectivity index (χ2v) is 10.3. The standard InChI is InChI=1S/C21H23ClF3N3O2S/c1-14-19(15-5-7-17(22)8-6-15)31(29,30)26-20(14)28-11-9-27(10-12-28)18-4-2-3-16(13-18)21(23,24)25/h2-8,13-14,19-20,26H,9-12H2,1H3. The molecule has 2 aliphatic heterocycles. The number of benzene rings is 2. The zero-order valence-corrected chi connectivity index (χ0v) is 18.4. The Bertz CT molecular complexity index is 1040. The summed E-state index contributed by atoms with van der Waals surface area (Å²) in [5, 5.41) is -0.140. The van der Waals surface area contributed by atoms with Crippen LogP contribution in [0, 0.1) is 5.92 Å². The van der Waals surface area contributed by atoms with Crippen molar-refractivity contribution >= 4 is 27.3 Å². The molecule has 0 radical (unpaired) electrons. The first-order chi connectivity index (χ1) is 14.6. The fraction of sp³-hybridized carbons (Fsp3) is 0.429. The summed E-state index contributed by atoms with van der Waals surface area (Å²) >= 11 is 5.93. The third kappa shape index (κ3) is 4.55. The third-order valence-corrected chi connectivity index (χ3v) is 8.23. The number of hydrogen-bond acceptors (Lipinski definition) is 4. The molecular formula is C21H23ClF3N3O2S. The van der Waals surface area contributed by atoms with Crippen LogP contribution in [0.2, 0.25) is 5.02 Å². The van der Waals surface area contributed by atoms with Crippen molar-refractivity contribution in [1.29, 1.82) is 0 Å². The van der Waals surface area contributed by atoms with Gasteiger partial charge in [-0.15, -0.1) is 0 Å². The van der Waals surface area contributed by atoms with Gasteiger partial charge in [0.1, 0.15) is 5.25 Å². The molecule has 10 heteroatoms. The molecule has 0 aromatic heterocycles. The average molecular weight is 474 g/mol. The van der Waals surface area contributed by atoms with E-state index in [0.717, 1.165) is 12.1 Å². The van der Waals surface area contributed by atoms with Crippen molar-refractivity contribution in [2.45, 2.75) is 24.5 Å². The summed E-state index contributed by atoms with van der Waals surface area (Å²) in [4.78, 5) is 3.96. The highest BCUT2D eigenvalue weighted by atomic mass is 35.5. The van der Waals surface area contributed by atoms with Crippen molar-refractivity contribution in [3.63, 3.8) is 0 Å². The summed E-state index contributed by atoms with van der Waals surface area (Å²) in [6, 6.07) is 12.1. The van der Waals surface area contributed by atoms with Gasteiger partial charge in [0.2, 0.25) is 10.0 Å². The van der Waals surface area contributed by atoms with Crippen LogP contribution in [0.1, 0.15) is 23.3 Å². The Balaban J connectivity index is 1.46. The molecule has 3 atom stereocenters. The number of halogens is 4. The zero-order valence-electron chi connectivity index (χ0n) is 16.8. The molecule has 4 rings (SSSR count). The van der Waals surface area contributed by atoms with Crippen molar-refractivity contribution < 1.29 is 21.6 Å². The Kier molecular flexibility index (Phi) is 5.97. The molecule has 1 N–H and O–H groups in total. The van der Waals surface area contributed by atoms with Crippen LogP contribution < -0.4 is 9.62 Å². The number of piperazine rings is 1. The largest absolute Gasteiger partial charge is 0.416 e.